The second-order valence-electron chi connectivity index (χ2n) is 6.46. The van der Waals surface area contributed by atoms with Gasteiger partial charge in [0.2, 0.25) is 18.6 Å². The highest BCUT2D eigenvalue weighted by molar-refractivity contribution is 6.07. The lowest BCUT2D eigenvalue weighted by molar-refractivity contribution is -0.137. The van der Waals surface area contributed by atoms with Crippen LogP contribution in [0.25, 0.3) is 0 Å². The van der Waals surface area contributed by atoms with Crippen molar-refractivity contribution < 1.29 is 19.1 Å². The van der Waals surface area contributed by atoms with Crippen molar-refractivity contribution >= 4 is 11.8 Å². The van der Waals surface area contributed by atoms with Crippen LogP contribution in [0.15, 0.2) is 42.6 Å². The van der Waals surface area contributed by atoms with Gasteiger partial charge in [0.1, 0.15) is 5.41 Å². The lowest BCUT2D eigenvalue weighted by Crippen LogP contribution is -2.42. The third kappa shape index (κ3) is 3.20. The average molecular weight is 353 g/mol. The number of nitrogens with zero attached hydrogens (tertiary/aromatic N) is 1. The van der Waals surface area contributed by atoms with E-state index in [2.05, 4.69) is 15.6 Å². The molecule has 2 N–H and O–H groups in total. The Labute approximate surface area is 150 Å². The Morgan fingerprint density at radius 2 is 1.77 bits per heavy atom. The van der Waals surface area contributed by atoms with Gasteiger partial charge < -0.3 is 20.1 Å². The molecule has 0 atom stereocenters. The average Bonchev–Trinajstić information content (AvgIpc) is 3.36. The molecular formula is C19H19N3O4. The maximum absolute atomic E-state index is 12.5. The van der Waals surface area contributed by atoms with Crippen LogP contribution < -0.4 is 20.1 Å². The van der Waals surface area contributed by atoms with Gasteiger partial charge in [0.25, 0.3) is 0 Å². The fourth-order valence-corrected chi connectivity index (χ4v) is 2.93. The summed E-state index contributed by atoms with van der Waals surface area (Å²) in [6.45, 7) is 0.867. The normalized spacial score (nSPS) is 16.0. The maximum Gasteiger partial charge on any atom is 0.236 e. The van der Waals surface area contributed by atoms with Crippen LogP contribution in [0.5, 0.6) is 11.5 Å². The number of pyridine rings is 1. The molecule has 1 aromatic heterocycles. The predicted molar refractivity (Wildman–Crippen MR) is 92.2 cm³/mol. The number of fused-ring (bicyclic) bond motifs is 1. The molecule has 2 aromatic rings. The van der Waals surface area contributed by atoms with Crippen LogP contribution in [-0.2, 0) is 22.7 Å². The molecule has 134 valence electrons. The van der Waals surface area contributed by atoms with Gasteiger partial charge >= 0.3 is 0 Å². The van der Waals surface area contributed by atoms with Gasteiger partial charge in [-0.05, 0) is 42.7 Å². The van der Waals surface area contributed by atoms with E-state index in [1.165, 1.54) is 0 Å². The molecule has 2 amide bonds. The first kappa shape index (κ1) is 16.4. The molecule has 4 rings (SSSR count). The summed E-state index contributed by atoms with van der Waals surface area (Å²) in [5.41, 5.74) is 0.704. The first-order valence-electron chi connectivity index (χ1n) is 8.52. The Morgan fingerprint density at radius 3 is 2.50 bits per heavy atom. The standard InChI is InChI=1S/C19H19N3O4/c23-17(21-10-13-4-5-15-16(9-13)26-12-25-15)19(6-7-19)18(24)22-11-14-3-1-2-8-20-14/h1-5,8-9H,6-7,10-12H2,(H,21,23)(H,22,24). The van der Waals surface area contributed by atoms with Crippen LogP contribution in [0.3, 0.4) is 0 Å². The summed E-state index contributed by atoms with van der Waals surface area (Å²) in [6.07, 6.45) is 2.80. The van der Waals surface area contributed by atoms with E-state index in [1.54, 1.807) is 6.20 Å². The maximum atomic E-state index is 12.5. The molecule has 0 spiro atoms. The fraction of sp³-hybridized carbons (Fsp3) is 0.316. The molecule has 1 aromatic carbocycles. The second kappa shape index (κ2) is 6.67. The van der Waals surface area contributed by atoms with Crippen LogP contribution in [0.4, 0.5) is 0 Å². The number of carbonyl (C=O) groups excluding carboxylic acids is 2. The minimum atomic E-state index is -0.953. The Bertz CT molecular complexity index is 834. The number of carbonyl (C=O) groups is 2. The zero-order valence-electron chi connectivity index (χ0n) is 14.2. The Morgan fingerprint density at radius 1 is 1.00 bits per heavy atom. The van der Waals surface area contributed by atoms with Crippen LogP contribution in [-0.4, -0.2) is 23.6 Å². The van der Waals surface area contributed by atoms with Gasteiger partial charge in [-0.2, -0.15) is 0 Å². The summed E-state index contributed by atoms with van der Waals surface area (Å²) in [5, 5.41) is 5.68. The van der Waals surface area contributed by atoms with Crippen molar-refractivity contribution in [3.63, 3.8) is 0 Å². The van der Waals surface area contributed by atoms with Crippen LogP contribution >= 0.6 is 0 Å². The summed E-state index contributed by atoms with van der Waals surface area (Å²) < 4.78 is 10.6. The van der Waals surface area contributed by atoms with Crippen molar-refractivity contribution in [3.8, 4) is 11.5 Å². The van der Waals surface area contributed by atoms with Crippen LogP contribution in [0.1, 0.15) is 24.1 Å². The van der Waals surface area contributed by atoms with Crippen molar-refractivity contribution in [2.45, 2.75) is 25.9 Å². The summed E-state index contributed by atoms with van der Waals surface area (Å²) >= 11 is 0. The zero-order valence-corrected chi connectivity index (χ0v) is 14.2. The van der Waals surface area contributed by atoms with Gasteiger partial charge in [-0.15, -0.1) is 0 Å². The quantitative estimate of drug-likeness (QED) is 0.769. The third-order valence-electron chi connectivity index (χ3n) is 4.67. The Kier molecular flexibility index (Phi) is 4.20. The number of ether oxygens (including phenoxy) is 2. The molecule has 1 saturated carbocycles. The first-order chi connectivity index (χ1) is 12.7. The van der Waals surface area contributed by atoms with E-state index in [4.69, 9.17) is 9.47 Å². The van der Waals surface area contributed by atoms with E-state index in [9.17, 15) is 9.59 Å². The van der Waals surface area contributed by atoms with Crippen molar-refractivity contribution in [2.75, 3.05) is 6.79 Å². The fourth-order valence-electron chi connectivity index (χ4n) is 2.93. The molecule has 1 aliphatic heterocycles. The summed E-state index contributed by atoms with van der Waals surface area (Å²) in [4.78, 5) is 29.2. The first-order valence-corrected chi connectivity index (χ1v) is 8.52. The Balaban J connectivity index is 1.33. The van der Waals surface area contributed by atoms with Gasteiger partial charge in [-0.25, -0.2) is 0 Å². The van der Waals surface area contributed by atoms with Crippen molar-refractivity contribution in [2.24, 2.45) is 5.41 Å². The van der Waals surface area contributed by atoms with Crippen molar-refractivity contribution in [1.82, 2.24) is 15.6 Å². The van der Waals surface area contributed by atoms with Gasteiger partial charge in [-0.1, -0.05) is 12.1 Å². The zero-order chi connectivity index (χ0) is 18.0. The van der Waals surface area contributed by atoms with Crippen LogP contribution in [0.2, 0.25) is 0 Å². The lowest BCUT2D eigenvalue weighted by Gasteiger charge is -2.15. The van der Waals surface area contributed by atoms with Gasteiger partial charge in [0, 0.05) is 12.7 Å². The van der Waals surface area contributed by atoms with E-state index >= 15 is 0 Å². The largest absolute Gasteiger partial charge is 0.454 e. The van der Waals surface area contributed by atoms with Gasteiger partial charge in [-0.3, -0.25) is 14.6 Å². The highest BCUT2D eigenvalue weighted by Crippen LogP contribution is 2.46. The van der Waals surface area contributed by atoms with E-state index in [1.807, 2.05) is 36.4 Å². The topological polar surface area (TPSA) is 89.5 Å². The Hall–Kier alpha value is -3.09. The highest BCUT2D eigenvalue weighted by Gasteiger charge is 2.56. The van der Waals surface area contributed by atoms with E-state index in [0.29, 0.717) is 37.4 Å². The molecule has 2 heterocycles. The number of hydrogen-bond donors (Lipinski definition) is 2. The third-order valence-corrected chi connectivity index (χ3v) is 4.67. The molecule has 0 saturated heterocycles. The van der Waals surface area contributed by atoms with Crippen molar-refractivity contribution in [1.29, 1.82) is 0 Å². The van der Waals surface area contributed by atoms with Gasteiger partial charge in [0.05, 0.1) is 12.2 Å². The smallest absolute Gasteiger partial charge is 0.236 e. The molecule has 1 aliphatic carbocycles. The molecule has 0 unspecified atom stereocenters. The number of nitrogens with one attached hydrogen (secondary N) is 2. The van der Waals surface area contributed by atoms with Crippen molar-refractivity contribution in [3.05, 3.63) is 53.9 Å². The number of hydrogen-bond acceptors (Lipinski definition) is 5. The highest BCUT2D eigenvalue weighted by atomic mass is 16.7. The summed E-state index contributed by atoms with van der Waals surface area (Å²) in [6, 6.07) is 11.0. The second-order valence-corrected chi connectivity index (χ2v) is 6.46. The lowest BCUT2D eigenvalue weighted by atomic mass is 10.0. The monoisotopic (exact) mass is 353 g/mol. The van der Waals surface area contributed by atoms with Crippen LogP contribution in [0, 0.1) is 5.41 Å². The van der Waals surface area contributed by atoms with Gasteiger partial charge in [0.15, 0.2) is 11.5 Å². The number of benzene rings is 1. The van der Waals surface area contributed by atoms with E-state index < -0.39 is 5.41 Å². The minimum absolute atomic E-state index is 0.213. The molecule has 0 radical (unpaired) electrons. The number of rotatable bonds is 6. The van der Waals surface area contributed by atoms with E-state index in [0.717, 1.165) is 11.3 Å². The molecule has 7 heteroatoms. The molecule has 7 nitrogen and oxygen atoms in total. The molecule has 2 aliphatic rings. The van der Waals surface area contributed by atoms with E-state index in [-0.39, 0.29) is 18.6 Å². The molecule has 26 heavy (non-hydrogen) atoms. The molecule has 1 fully saturated rings. The SMILES string of the molecule is O=C(NCc1ccc2c(c1)OCO2)C1(C(=O)NCc2ccccn2)CC1. The number of amides is 2. The molecular weight excluding hydrogens is 334 g/mol. The predicted octanol–water partition coefficient (Wildman–Crippen LogP) is 1.52. The number of aromatic nitrogens is 1. The summed E-state index contributed by atoms with van der Waals surface area (Å²) in [5.74, 6) is 0.888. The minimum Gasteiger partial charge on any atom is -0.454 e. The molecule has 0 bridgehead atoms. The summed E-state index contributed by atoms with van der Waals surface area (Å²) in [7, 11) is 0.